The summed E-state index contributed by atoms with van der Waals surface area (Å²) < 4.78 is 5.63. The molecule has 0 spiro atoms. The lowest BCUT2D eigenvalue weighted by Gasteiger charge is -2.06. The number of non-ortho nitro benzene ring substituents is 1. The van der Waals surface area contributed by atoms with Crippen LogP contribution in [-0.2, 0) is 4.79 Å². The summed E-state index contributed by atoms with van der Waals surface area (Å²) in [5.41, 5.74) is 4.36. The fourth-order valence-electron chi connectivity index (χ4n) is 3.01. The average molecular weight is 446 g/mol. The van der Waals surface area contributed by atoms with Crippen molar-refractivity contribution >= 4 is 29.0 Å². The number of aryl methyl sites for hydroxylation is 1. The van der Waals surface area contributed by atoms with E-state index in [2.05, 4.69) is 15.5 Å². The highest BCUT2D eigenvalue weighted by Gasteiger charge is 2.12. The molecule has 0 aliphatic carbocycles. The van der Waals surface area contributed by atoms with Crippen molar-refractivity contribution in [2.45, 2.75) is 12.1 Å². The fraction of sp³-hybridized carbons (Fsp3) is 0.0870. The third-order valence-electron chi connectivity index (χ3n) is 4.58. The van der Waals surface area contributed by atoms with E-state index < -0.39 is 4.92 Å². The highest BCUT2D eigenvalue weighted by atomic mass is 32.2. The lowest BCUT2D eigenvalue weighted by atomic mass is 10.1. The van der Waals surface area contributed by atoms with E-state index in [1.807, 2.05) is 43.3 Å². The number of thioether (sulfide) groups is 1. The lowest BCUT2D eigenvalue weighted by molar-refractivity contribution is -0.384. The highest BCUT2D eigenvalue weighted by molar-refractivity contribution is 7.99. The minimum absolute atomic E-state index is 0.0439. The molecule has 1 heterocycles. The highest BCUT2D eigenvalue weighted by Crippen LogP contribution is 2.25. The minimum Gasteiger partial charge on any atom is -0.411 e. The molecule has 0 bridgehead atoms. The van der Waals surface area contributed by atoms with Crippen molar-refractivity contribution in [2.24, 2.45) is 0 Å². The van der Waals surface area contributed by atoms with Crippen LogP contribution in [0.4, 0.5) is 11.4 Å². The number of nitrogens with one attached hydrogen (secondary N) is 1. The molecule has 0 unspecified atom stereocenters. The van der Waals surface area contributed by atoms with Gasteiger partial charge >= 0.3 is 0 Å². The number of amides is 1. The summed E-state index contributed by atoms with van der Waals surface area (Å²) in [6, 6.07) is 21.3. The van der Waals surface area contributed by atoms with Gasteiger partial charge in [-0.25, -0.2) is 0 Å². The first-order valence-corrected chi connectivity index (χ1v) is 10.6. The minimum atomic E-state index is -0.432. The summed E-state index contributed by atoms with van der Waals surface area (Å²) in [6.07, 6.45) is 0. The fourth-order valence-corrected chi connectivity index (χ4v) is 3.57. The number of hydrogen-bond acceptors (Lipinski definition) is 7. The zero-order valence-electron chi connectivity index (χ0n) is 17.0. The van der Waals surface area contributed by atoms with E-state index in [1.54, 1.807) is 24.3 Å². The first-order valence-electron chi connectivity index (χ1n) is 9.66. The molecule has 4 rings (SSSR count). The van der Waals surface area contributed by atoms with E-state index in [4.69, 9.17) is 4.42 Å². The largest absolute Gasteiger partial charge is 0.411 e. The number of aromatic nitrogens is 2. The molecule has 32 heavy (non-hydrogen) atoms. The number of rotatable bonds is 7. The van der Waals surface area contributed by atoms with Crippen LogP contribution in [0.3, 0.4) is 0 Å². The second-order valence-corrected chi connectivity index (χ2v) is 7.89. The molecule has 0 saturated carbocycles. The van der Waals surface area contributed by atoms with Gasteiger partial charge in [0.1, 0.15) is 0 Å². The van der Waals surface area contributed by atoms with Gasteiger partial charge in [0.25, 0.3) is 10.9 Å². The first-order chi connectivity index (χ1) is 15.5. The van der Waals surface area contributed by atoms with Crippen LogP contribution in [0.5, 0.6) is 0 Å². The van der Waals surface area contributed by atoms with Gasteiger partial charge < -0.3 is 9.73 Å². The molecule has 8 nitrogen and oxygen atoms in total. The van der Waals surface area contributed by atoms with E-state index >= 15 is 0 Å². The van der Waals surface area contributed by atoms with Gasteiger partial charge in [-0.1, -0.05) is 41.6 Å². The van der Waals surface area contributed by atoms with E-state index in [-0.39, 0.29) is 17.3 Å². The predicted molar refractivity (Wildman–Crippen MR) is 122 cm³/mol. The SMILES string of the molecule is Cc1cccc(-c2nnc(SCC(=O)Nc3ccc(-c4ccc([N+](=O)[O-])cc4)cc3)o2)c1. The molecular formula is C23H18N4O4S. The van der Waals surface area contributed by atoms with Crippen LogP contribution in [-0.4, -0.2) is 26.8 Å². The summed E-state index contributed by atoms with van der Waals surface area (Å²) in [4.78, 5) is 22.6. The Bertz CT molecular complexity index is 1250. The summed E-state index contributed by atoms with van der Waals surface area (Å²) >= 11 is 1.16. The van der Waals surface area contributed by atoms with Crippen LogP contribution in [0.2, 0.25) is 0 Å². The molecule has 0 aliphatic rings. The first kappa shape index (κ1) is 21.3. The Morgan fingerprint density at radius 1 is 1.00 bits per heavy atom. The van der Waals surface area contributed by atoms with Crippen molar-refractivity contribution in [3.05, 3.63) is 88.5 Å². The van der Waals surface area contributed by atoms with Crippen molar-refractivity contribution < 1.29 is 14.1 Å². The zero-order chi connectivity index (χ0) is 22.5. The van der Waals surface area contributed by atoms with Crippen LogP contribution in [0.15, 0.2) is 82.4 Å². The van der Waals surface area contributed by atoms with Gasteiger partial charge in [-0.2, -0.15) is 0 Å². The van der Waals surface area contributed by atoms with E-state index in [0.717, 1.165) is 34.0 Å². The zero-order valence-corrected chi connectivity index (χ0v) is 17.8. The Labute approximate surface area is 187 Å². The Morgan fingerprint density at radius 3 is 2.34 bits per heavy atom. The van der Waals surface area contributed by atoms with Crippen LogP contribution >= 0.6 is 11.8 Å². The van der Waals surface area contributed by atoms with Gasteiger partial charge in [0, 0.05) is 23.4 Å². The summed E-state index contributed by atoms with van der Waals surface area (Å²) in [6.45, 7) is 1.98. The topological polar surface area (TPSA) is 111 Å². The van der Waals surface area contributed by atoms with E-state index in [0.29, 0.717) is 16.8 Å². The predicted octanol–water partition coefficient (Wildman–Crippen LogP) is 5.35. The Hall–Kier alpha value is -3.98. The van der Waals surface area contributed by atoms with Crippen LogP contribution in [0.1, 0.15) is 5.56 Å². The van der Waals surface area contributed by atoms with E-state index in [1.165, 1.54) is 12.1 Å². The number of anilines is 1. The van der Waals surface area contributed by atoms with Gasteiger partial charge in [0.05, 0.1) is 10.7 Å². The van der Waals surface area contributed by atoms with Gasteiger partial charge in [0.2, 0.25) is 11.8 Å². The average Bonchev–Trinajstić information content (AvgIpc) is 3.28. The maximum absolute atomic E-state index is 12.3. The normalized spacial score (nSPS) is 10.7. The van der Waals surface area contributed by atoms with Gasteiger partial charge in [0.15, 0.2) is 0 Å². The van der Waals surface area contributed by atoms with Crippen LogP contribution in [0.25, 0.3) is 22.6 Å². The molecule has 3 aromatic carbocycles. The number of nitro groups is 1. The molecule has 0 radical (unpaired) electrons. The number of benzene rings is 3. The molecule has 0 atom stereocenters. The second kappa shape index (κ2) is 9.44. The molecule has 9 heteroatoms. The van der Waals surface area contributed by atoms with Gasteiger partial charge in [-0.3, -0.25) is 14.9 Å². The van der Waals surface area contributed by atoms with Crippen LogP contribution < -0.4 is 5.32 Å². The molecular weight excluding hydrogens is 428 g/mol. The number of carbonyl (C=O) groups is 1. The smallest absolute Gasteiger partial charge is 0.277 e. The van der Waals surface area contributed by atoms with Crippen molar-refractivity contribution in [3.63, 3.8) is 0 Å². The van der Waals surface area contributed by atoms with Crippen molar-refractivity contribution in [2.75, 3.05) is 11.1 Å². The lowest BCUT2D eigenvalue weighted by Crippen LogP contribution is -2.13. The number of carbonyl (C=O) groups excluding carboxylic acids is 1. The molecule has 0 fully saturated rings. The van der Waals surface area contributed by atoms with E-state index in [9.17, 15) is 14.9 Å². The standard InChI is InChI=1S/C23H18N4O4S/c1-15-3-2-4-18(13-15)22-25-26-23(31-22)32-14-21(28)24-19-9-5-16(6-10-19)17-7-11-20(12-8-17)27(29)30/h2-13H,14H2,1H3,(H,24,28). The van der Waals surface area contributed by atoms with Crippen molar-refractivity contribution in [1.82, 2.24) is 10.2 Å². The molecule has 0 aliphatic heterocycles. The Balaban J connectivity index is 1.32. The maximum atomic E-state index is 12.3. The van der Waals surface area contributed by atoms with Crippen molar-refractivity contribution in [1.29, 1.82) is 0 Å². The third-order valence-corrected chi connectivity index (χ3v) is 5.40. The van der Waals surface area contributed by atoms with Crippen LogP contribution in [0, 0.1) is 17.0 Å². The second-order valence-electron chi connectivity index (χ2n) is 6.96. The summed E-state index contributed by atoms with van der Waals surface area (Å²) in [7, 11) is 0. The summed E-state index contributed by atoms with van der Waals surface area (Å²) in [5.74, 6) is 0.339. The molecule has 160 valence electrons. The molecule has 1 N–H and O–H groups in total. The molecule has 1 aromatic heterocycles. The number of hydrogen-bond donors (Lipinski definition) is 1. The molecule has 1 amide bonds. The monoisotopic (exact) mass is 446 g/mol. The summed E-state index contributed by atoms with van der Waals surface area (Å²) in [5, 5.41) is 21.9. The number of nitro benzene ring substituents is 1. The Morgan fingerprint density at radius 2 is 1.69 bits per heavy atom. The number of nitrogens with zero attached hydrogens (tertiary/aromatic N) is 3. The Kier molecular flexibility index (Phi) is 6.27. The third kappa shape index (κ3) is 5.19. The van der Waals surface area contributed by atoms with Gasteiger partial charge in [-0.15, -0.1) is 10.2 Å². The quantitative estimate of drug-likeness (QED) is 0.231. The maximum Gasteiger partial charge on any atom is 0.277 e. The van der Waals surface area contributed by atoms with Crippen molar-refractivity contribution in [3.8, 4) is 22.6 Å². The molecule has 0 saturated heterocycles. The van der Waals surface area contributed by atoms with Gasteiger partial charge in [-0.05, 0) is 54.4 Å². The molecule has 4 aromatic rings.